The molecule has 0 amide bonds. The summed E-state index contributed by atoms with van der Waals surface area (Å²) in [5, 5.41) is 2.89. The van der Waals surface area contributed by atoms with Crippen molar-refractivity contribution in [1.29, 1.82) is 0 Å². The maximum absolute atomic E-state index is 12.1. The van der Waals surface area contributed by atoms with E-state index < -0.39 is 6.36 Å². The minimum atomic E-state index is -4.69. The molecule has 2 aromatic rings. The van der Waals surface area contributed by atoms with Crippen molar-refractivity contribution in [1.82, 2.24) is 9.88 Å². The van der Waals surface area contributed by atoms with Crippen molar-refractivity contribution in [2.45, 2.75) is 12.5 Å². The minimum Gasteiger partial charge on any atom is -0.492 e. The number of thiazole rings is 1. The van der Waals surface area contributed by atoms with Crippen LogP contribution in [-0.4, -0.2) is 49.1 Å². The molecule has 1 atom stereocenters. The molecule has 1 aliphatic heterocycles. The number of alkyl halides is 3. The zero-order valence-corrected chi connectivity index (χ0v) is 14.1. The molecule has 0 saturated carbocycles. The van der Waals surface area contributed by atoms with Gasteiger partial charge in [-0.05, 0) is 24.3 Å². The fourth-order valence-electron chi connectivity index (χ4n) is 2.48. The maximum atomic E-state index is 12.1. The van der Waals surface area contributed by atoms with Crippen molar-refractivity contribution >= 4 is 11.3 Å². The Hall–Kier alpha value is -1.84. The van der Waals surface area contributed by atoms with Gasteiger partial charge in [0, 0.05) is 31.2 Å². The lowest BCUT2D eigenvalue weighted by molar-refractivity contribution is -0.274. The van der Waals surface area contributed by atoms with Gasteiger partial charge in [0.2, 0.25) is 0 Å². The van der Waals surface area contributed by atoms with Crippen LogP contribution in [0.4, 0.5) is 13.2 Å². The molecule has 136 valence electrons. The molecule has 1 aliphatic rings. The van der Waals surface area contributed by atoms with Gasteiger partial charge in [0.15, 0.2) is 0 Å². The van der Waals surface area contributed by atoms with Gasteiger partial charge in [-0.1, -0.05) is 0 Å². The van der Waals surface area contributed by atoms with Crippen LogP contribution in [0.2, 0.25) is 0 Å². The summed E-state index contributed by atoms with van der Waals surface area (Å²) >= 11 is 1.57. The molecule has 1 unspecified atom stereocenters. The molecule has 0 spiro atoms. The summed E-state index contributed by atoms with van der Waals surface area (Å²) in [4.78, 5) is 6.50. The molecule has 9 heteroatoms. The van der Waals surface area contributed by atoms with Gasteiger partial charge < -0.3 is 14.2 Å². The summed E-state index contributed by atoms with van der Waals surface area (Å²) in [6, 6.07) is 5.38. The van der Waals surface area contributed by atoms with E-state index in [1.807, 2.05) is 5.38 Å². The van der Waals surface area contributed by atoms with Crippen LogP contribution in [-0.2, 0) is 4.74 Å². The average molecular weight is 374 g/mol. The highest BCUT2D eigenvalue weighted by Crippen LogP contribution is 2.25. The van der Waals surface area contributed by atoms with E-state index in [4.69, 9.17) is 9.47 Å². The molecule has 1 saturated heterocycles. The lowest BCUT2D eigenvalue weighted by Crippen LogP contribution is -2.40. The number of halogens is 3. The number of aromatic nitrogens is 1. The van der Waals surface area contributed by atoms with Crippen molar-refractivity contribution in [2.24, 2.45) is 0 Å². The highest BCUT2D eigenvalue weighted by molar-refractivity contribution is 7.09. The van der Waals surface area contributed by atoms with Crippen molar-refractivity contribution < 1.29 is 27.4 Å². The van der Waals surface area contributed by atoms with Crippen LogP contribution in [0, 0.1) is 0 Å². The Morgan fingerprint density at radius 2 is 2.00 bits per heavy atom. The first kappa shape index (κ1) is 18.0. The second kappa shape index (κ2) is 8.03. The molecule has 0 N–H and O–H groups in total. The van der Waals surface area contributed by atoms with Crippen molar-refractivity contribution in [3.8, 4) is 11.5 Å². The summed E-state index contributed by atoms with van der Waals surface area (Å²) in [6.07, 6.45) is -2.95. The molecule has 0 radical (unpaired) electrons. The largest absolute Gasteiger partial charge is 0.573 e. The predicted octanol–water partition coefficient (Wildman–Crippen LogP) is 3.49. The highest BCUT2D eigenvalue weighted by atomic mass is 32.1. The third-order valence-corrected chi connectivity index (χ3v) is 4.48. The lowest BCUT2D eigenvalue weighted by atomic mass is 10.3. The average Bonchev–Trinajstić information content (AvgIpc) is 3.10. The van der Waals surface area contributed by atoms with Gasteiger partial charge in [0.25, 0.3) is 0 Å². The smallest absolute Gasteiger partial charge is 0.492 e. The first-order chi connectivity index (χ1) is 12.0. The Morgan fingerprint density at radius 1 is 1.24 bits per heavy atom. The van der Waals surface area contributed by atoms with Crippen LogP contribution in [0.25, 0.3) is 0 Å². The second-order valence-corrected chi connectivity index (χ2v) is 6.32. The van der Waals surface area contributed by atoms with E-state index in [2.05, 4.69) is 14.6 Å². The molecule has 1 aromatic carbocycles. The third-order valence-electron chi connectivity index (χ3n) is 3.61. The van der Waals surface area contributed by atoms with Gasteiger partial charge >= 0.3 is 6.36 Å². The van der Waals surface area contributed by atoms with Crippen LogP contribution in [0.3, 0.4) is 0 Å². The predicted molar refractivity (Wildman–Crippen MR) is 85.9 cm³/mol. The topological polar surface area (TPSA) is 43.8 Å². The standard InChI is InChI=1S/C16H17F3N2O3S/c17-16(18,19)24-13-3-1-12(2-4-13)22-8-6-21-7-9-23-14(11-21)15-20-5-10-25-15/h1-5,10,14H,6-9,11H2. The summed E-state index contributed by atoms with van der Waals surface area (Å²) in [5.74, 6) is 0.235. The van der Waals surface area contributed by atoms with Crippen LogP contribution in [0.5, 0.6) is 11.5 Å². The Morgan fingerprint density at radius 3 is 2.68 bits per heavy atom. The van der Waals surface area contributed by atoms with Crippen molar-refractivity contribution in [3.05, 3.63) is 40.8 Å². The molecule has 1 fully saturated rings. The first-order valence-electron chi connectivity index (χ1n) is 7.71. The quantitative estimate of drug-likeness (QED) is 0.774. The first-order valence-corrected chi connectivity index (χ1v) is 8.59. The summed E-state index contributed by atoms with van der Waals surface area (Å²) in [5.41, 5.74) is 0. The maximum Gasteiger partial charge on any atom is 0.573 e. The van der Waals surface area contributed by atoms with Gasteiger partial charge in [0.05, 0.1) is 6.61 Å². The number of benzene rings is 1. The number of hydrogen-bond donors (Lipinski definition) is 0. The lowest BCUT2D eigenvalue weighted by Gasteiger charge is -2.31. The zero-order valence-electron chi connectivity index (χ0n) is 13.2. The fraction of sp³-hybridized carbons (Fsp3) is 0.438. The van der Waals surface area contributed by atoms with Crippen LogP contribution in [0.1, 0.15) is 11.1 Å². The SMILES string of the molecule is FC(F)(F)Oc1ccc(OCCN2CCOC(c3nccs3)C2)cc1. The van der Waals surface area contributed by atoms with Gasteiger partial charge in [-0.15, -0.1) is 24.5 Å². The van der Waals surface area contributed by atoms with E-state index in [-0.39, 0.29) is 11.9 Å². The van der Waals surface area contributed by atoms with E-state index in [9.17, 15) is 13.2 Å². The molecular weight excluding hydrogens is 357 g/mol. The molecule has 0 bridgehead atoms. The van der Waals surface area contributed by atoms with Gasteiger partial charge in [-0.25, -0.2) is 4.98 Å². The molecular formula is C16H17F3N2O3S. The highest BCUT2D eigenvalue weighted by Gasteiger charge is 2.31. The number of hydrogen-bond acceptors (Lipinski definition) is 6. The Balaban J connectivity index is 1.43. The second-order valence-electron chi connectivity index (χ2n) is 5.40. The van der Waals surface area contributed by atoms with Crippen LogP contribution < -0.4 is 9.47 Å². The van der Waals surface area contributed by atoms with Gasteiger partial charge in [0.1, 0.15) is 29.2 Å². The molecule has 25 heavy (non-hydrogen) atoms. The number of morpholine rings is 1. The van der Waals surface area contributed by atoms with Crippen molar-refractivity contribution in [2.75, 3.05) is 32.8 Å². The number of nitrogens with zero attached hydrogens (tertiary/aromatic N) is 2. The van der Waals surface area contributed by atoms with E-state index in [1.165, 1.54) is 24.3 Å². The normalized spacial score (nSPS) is 18.9. The fourth-order valence-corrected chi connectivity index (χ4v) is 3.16. The zero-order chi connectivity index (χ0) is 17.7. The molecule has 3 rings (SSSR count). The summed E-state index contributed by atoms with van der Waals surface area (Å²) in [6.45, 7) is 3.32. The summed E-state index contributed by atoms with van der Waals surface area (Å²) < 4.78 is 51.5. The van der Waals surface area contributed by atoms with Crippen molar-refractivity contribution in [3.63, 3.8) is 0 Å². The Kier molecular flexibility index (Phi) is 5.77. The van der Waals surface area contributed by atoms with E-state index in [1.54, 1.807) is 17.5 Å². The Labute approximate surface area is 146 Å². The molecule has 1 aromatic heterocycles. The van der Waals surface area contributed by atoms with Gasteiger partial charge in [-0.3, -0.25) is 4.90 Å². The van der Waals surface area contributed by atoms with E-state index >= 15 is 0 Å². The molecule has 0 aliphatic carbocycles. The Bertz CT molecular complexity index is 650. The molecule has 5 nitrogen and oxygen atoms in total. The third kappa shape index (κ3) is 5.58. The summed E-state index contributed by atoms with van der Waals surface area (Å²) in [7, 11) is 0. The number of ether oxygens (including phenoxy) is 3. The molecule has 2 heterocycles. The van der Waals surface area contributed by atoms with Crippen LogP contribution in [0.15, 0.2) is 35.8 Å². The number of rotatable bonds is 6. The van der Waals surface area contributed by atoms with Gasteiger partial charge in [-0.2, -0.15) is 0 Å². The van der Waals surface area contributed by atoms with E-state index in [0.717, 1.165) is 18.1 Å². The monoisotopic (exact) mass is 374 g/mol. The minimum absolute atomic E-state index is 0.0208. The van der Waals surface area contributed by atoms with E-state index in [0.29, 0.717) is 25.5 Å². The van der Waals surface area contributed by atoms with Crippen LogP contribution >= 0.6 is 11.3 Å².